The van der Waals surface area contributed by atoms with Gasteiger partial charge in [-0.1, -0.05) is 51.1 Å². The molecule has 4 heteroatoms. The fraction of sp³-hybridized carbons (Fsp3) is 0.429. The monoisotopic (exact) mass is 400 g/mol. The molecule has 2 aromatic carbocycles. The summed E-state index contributed by atoms with van der Waals surface area (Å²) in [7, 11) is 0. The Labute approximate surface area is 155 Å². The first-order valence-electron chi connectivity index (χ1n) is 8.66. The molecule has 0 spiro atoms. The number of hydrogen-bond acceptors (Lipinski definition) is 3. The van der Waals surface area contributed by atoms with Gasteiger partial charge in [-0.3, -0.25) is 9.59 Å². The van der Waals surface area contributed by atoms with Crippen LogP contribution in [0.1, 0.15) is 40.0 Å². The molecule has 0 saturated heterocycles. The number of fused-ring (bicyclic) bond motifs is 3. The van der Waals surface area contributed by atoms with Gasteiger partial charge in [0.25, 0.3) is 0 Å². The van der Waals surface area contributed by atoms with Crippen molar-refractivity contribution < 1.29 is 14.3 Å². The Morgan fingerprint density at radius 1 is 1.08 bits per heavy atom. The predicted molar refractivity (Wildman–Crippen MR) is 100 cm³/mol. The van der Waals surface area contributed by atoms with Crippen molar-refractivity contribution in [1.82, 2.24) is 0 Å². The van der Waals surface area contributed by atoms with Crippen LogP contribution in [-0.4, -0.2) is 11.8 Å². The Hall–Kier alpha value is -1.68. The van der Waals surface area contributed by atoms with E-state index in [1.54, 1.807) is 0 Å². The minimum atomic E-state index is -0.718. The van der Waals surface area contributed by atoms with Crippen LogP contribution in [-0.2, 0) is 9.59 Å². The van der Waals surface area contributed by atoms with E-state index >= 15 is 0 Å². The molecule has 2 saturated carbocycles. The quantitative estimate of drug-likeness (QED) is 0.507. The highest BCUT2D eigenvalue weighted by Crippen LogP contribution is 2.70. The Bertz CT molecular complexity index is 916. The van der Waals surface area contributed by atoms with E-state index in [-0.39, 0.29) is 11.8 Å². The summed E-state index contributed by atoms with van der Waals surface area (Å²) in [6, 6.07) is 11.7. The number of ketones is 1. The summed E-state index contributed by atoms with van der Waals surface area (Å²) in [5.74, 6) is 0.433. The van der Waals surface area contributed by atoms with Gasteiger partial charge in [-0.15, -0.1) is 0 Å². The Morgan fingerprint density at radius 2 is 1.80 bits per heavy atom. The number of halogens is 1. The van der Waals surface area contributed by atoms with Gasteiger partial charge in [0, 0.05) is 11.8 Å². The molecule has 0 aromatic heterocycles. The van der Waals surface area contributed by atoms with Crippen LogP contribution in [0.4, 0.5) is 0 Å². The molecule has 3 nitrogen and oxygen atoms in total. The third kappa shape index (κ3) is 1.97. The number of Topliss-reactive ketones (excluding diaryl/α,β-unsaturated/α-hetero) is 1. The van der Waals surface area contributed by atoms with Crippen molar-refractivity contribution in [2.24, 2.45) is 16.2 Å². The van der Waals surface area contributed by atoms with Crippen molar-refractivity contribution >= 4 is 38.5 Å². The summed E-state index contributed by atoms with van der Waals surface area (Å²) in [6.07, 6.45) is 1.76. The molecule has 130 valence electrons. The van der Waals surface area contributed by atoms with E-state index in [9.17, 15) is 9.59 Å². The lowest BCUT2D eigenvalue weighted by Gasteiger charge is -2.37. The number of esters is 1. The molecule has 25 heavy (non-hydrogen) atoms. The smallest absolute Gasteiger partial charge is 0.318 e. The van der Waals surface area contributed by atoms with E-state index in [1.165, 1.54) is 0 Å². The topological polar surface area (TPSA) is 43.4 Å². The maximum absolute atomic E-state index is 13.2. The maximum atomic E-state index is 13.2. The van der Waals surface area contributed by atoms with Crippen LogP contribution in [0, 0.1) is 16.2 Å². The van der Waals surface area contributed by atoms with Crippen molar-refractivity contribution in [2.45, 2.75) is 40.0 Å². The lowest BCUT2D eigenvalue weighted by Crippen LogP contribution is -2.42. The summed E-state index contributed by atoms with van der Waals surface area (Å²) in [5, 5.41) is 2.08. The summed E-state index contributed by atoms with van der Waals surface area (Å²) >= 11 is 3.58. The van der Waals surface area contributed by atoms with Crippen LogP contribution >= 0.6 is 15.9 Å². The standard InChI is InChI=1S/C21H21BrO3/c1-19(2)20(3)10-11-21(19,12-16(20)23)18(24)25-15-9-8-13-6-4-5-7-14(13)17(15)22/h4-9H,10-12H2,1-3H3. The maximum Gasteiger partial charge on any atom is 0.318 e. The zero-order chi connectivity index (χ0) is 18.0. The third-order valence-corrected chi connectivity index (χ3v) is 7.94. The van der Waals surface area contributed by atoms with Crippen LogP contribution < -0.4 is 4.74 Å². The number of carbonyl (C=O) groups is 2. The first kappa shape index (κ1) is 16.8. The van der Waals surface area contributed by atoms with E-state index in [1.807, 2.05) is 57.2 Å². The lowest BCUT2D eigenvalue weighted by atomic mass is 9.65. The largest absolute Gasteiger partial charge is 0.425 e. The van der Waals surface area contributed by atoms with Crippen LogP contribution in [0.3, 0.4) is 0 Å². The van der Waals surface area contributed by atoms with Gasteiger partial charge in [-0.2, -0.15) is 0 Å². The second-order valence-corrected chi connectivity index (χ2v) is 8.92. The van der Waals surface area contributed by atoms with Gasteiger partial charge in [0.1, 0.15) is 11.5 Å². The lowest BCUT2D eigenvalue weighted by molar-refractivity contribution is -0.151. The van der Waals surface area contributed by atoms with Gasteiger partial charge in [-0.05, 0) is 51.0 Å². The molecule has 2 unspecified atom stereocenters. The highest BCUT2D eigenvalue weighted by atomic mass is 79.9. The summed E-state index contributed by atoms with van der Waals surface area (Å²) in [6.45, 7) is 6.09. The van der Waals surface area contributed by atoms with Crippen molar-refractivity contribution in [2.75, 3.05) is 0 Å². The molecule has 2 fully saturated rings. The normalized spacial score (nSPS) is 30.0. The molecular weight excluding hydrogens is 380 g/mol. The molecule has 0 radical (unpaired) electrons. The molecule has 2 aliphatic rings. The fourth-order valence-corrected chi connectivity index (χ4v) is 5.38. The van der Waals surface area contributed by atoms with Crippen LogP contribution in [0.15, 0.2) is 40.9 Å². The van der Waals surface area contributed by atoms with E-state index in [0.717, 1.165) is 21.7 Å². The van der Waals surface area contributed by atoms with Crippen molar-refractivity contribution in [1.29, 1.82) is 0 Å². The van der Waals surface area contributed by atoms with E-state index in [2.05, 4.69) is 15.9 Å². The highest BCUT2D eigenvalue weighted by Gasteiger charge is 2.73. The first-order valence-corrected chi connectivity index (χ1v) is 9.45. The number of hydrogen-bond donors (Lipinski definition) is 0. The molecule has 2 aromatic rings. The van der Waals surface area contributed by atoms with Crippen LogP contribution in [0.2, 0.25) is 0 Å². The van der Waals surface area contributed by atoms with Gasteiger partial charge in [0.15, 0.2) is 0 Å². The molecule has 4 rings (SSSR count). The molecular formula is C21H21BrO3. The average Bonchev–Trinajstić information content (AvgIpc) is 2.88. The molecule has 2 atom stereocenters. The zero-order valence-corrected chi connectivity index (χ0v) is 16.3. The second kappa shape index (κ2) is 5.16. The number of rotatable bonds is 2. The number of carbonyl (C=O) groups excluding carboxylic acids is 2. The average molecular weight is 401 g/mol. The summed E-state index contributed by atoms with van der Waals surface area (Å²) < 4.78 is 6.63. The van der Waals surface area contributed by atoms with Gasteiger partial charge >= 0.3 is 5.97 Å². The predicted octanol–water partition coefficient (Wildman–Crippen LogP) is 5.29. The molecule has 0 aliphatic heterocycles. The third-order valence-electron chi connectivity index (χ3n) is 7.13. The Morgan fingerprint density at radius 3 is 2.44 bits per heavy atom. The minimum Gasteiger partial charge on any atom is -0.425 e. The second-order valence-electron chi connectivity index (χ2n) is 8.13. The number of benzene rings is 2. The summed E-state index contributed by atoms with van der Waals surface area (Å²) in [4.78, 5) is 25.8. The van der Waals surface area contributed by atoms with Crippen molar-refractivity contribution in [3.63, 3.8) is 0 Å². The van der Waals surface area contributed by atoms with Gasteiger partial charge < -0.3 is 4.74 Å². The van der Waals surface area contributed by atoms with Gasteiger partial charge in [0.05, 0.1) is 9.89 Å². The van der Waals surface area contributed by atoms with Crippen LogP contribution in [0.25, 0.3) is 10.8 Å². The fourth-order valence-electron chi connectivity index (χ4n) is 4.80. The molecule has 0 N–H and O–H groups in total. The SMILES string of the molecule is CC12CCC(C(=O)Oc3ccc4ccccc4c3Br)(CC1=O)C2(C)C. The van der Waals surface area contributed by atoms with E-state index in [4.69, 9.17) is 4.74 Å². The van der Waals surface area contributed by atoms with E-state index in [0.29, 0.717) is 18.6 Å². The molecule has 0 heterocycles. The van der Waals surface area contributed by atoms with Crippen molar-refractivity contribution in [3.8, 4) is 5.75 Å². The minimum absolute atomic E-state index is 0.193. The zero-order valence-electron chi connectivity index (χ0n) is 14.7. The highest BCUT2D eigenvalue weighted by molar-refractivity contribution is 9.10. The van der Waals surface area contributed by atoms with Crippen molar-refractivity contribution in [3.05, 3.63) is 40.9 Å². The van der Waals surface area contributed by atoms with Gasteiger partial charge in [0.2, 0.25) is 0 Å². The van der Waals surface area contributed by atoms with Crippen LogP contribution in [0.5, 0.6) is 5.75 Å². The van der Waals surface area contributed by atoms with Gasteiger partial charge in [-0.25, -0.2) is 0 Å². The molecule has 0 amide bonds. The molecule has 2 bridgehead atoms. The first-order chi connectivity index (χ1) is 11.7. The summed E-state index contributed by atoms with van der Waals surface area (Å²) in [5.41, 5.74) is -1.53. The number of ether oxygens (including phenoxy) is 1. The van der Waals surface area contributed by atoms with E-state index < -0.39 is 16.2 Å². The molecule has 2 aliphatic carbocycles. The Balaban J connectivity index is 1.72. The Kier molecular flexibility index (Phi) is 3.46.